The fourth-order valence-electron chi connectivity index (χ4n) is 4.03. The number of fused-ring (bicyclic) bond motifs is 3. The van der Waals surface area contributed by atoms with Crippen molar-refractivity contribution in [3.8, 4) is 21.8 Å². The molecule has 0 radical (unpaired) electrons. The maximum Gasteiger partial charge on any atom is 0.333 e. The van der Waals surface area contributed by atoms with Crippen LogP contribution in [0.15, 0.2) is 30.3 Å². The van der Waals surface area contributed by atoms with Crippen LogP contribution < -0.4 is 10.7 Å². The quantitative estimate of drug-likeness (QED) is 0.413. The van der Waals surface area contributed by atoms with E-state index in [0.717, 1.165) is 31.1 Å². The van der Waals surface area contributed by atoms with Crippen LogP contribution in [0.3, 0.4) is 0 Å². The van der Waals surface area contributed by atoms with Crippen LogP contribution >= 0.6 is 11.3 Å². The van der Waals surface area contributed by atoms with Crippen molar-refractivity contribution < 1.29 is 14.4 Å². The first kappa shape index (κ1) is 20.6. The predicted molar refractivity (Wildman–Crippen MR) is 122 cm³/mol. The van der Waals surface area contributed by atoms with Gasteiger partial charge in [0, 0.05) is 31.7 Å². The molecule has 3 aromatic rings. The number of aromatic amines is 1. The standard InChI is InChI=1S/C22H22N6O3S/c1-12(29)15-6-7-16(32-15)20-18-19(24-25-20)13-4-3-5-14(17(13)21(18)30)23-22(31)26-28-10-8-27(2)9-11-28/h3-7H,8-11H2,1-2H3,(H,24,25)(H2,23,26,31). The zero-order valence-corrected chi connectivity index (χ0v) is 18.5. The average molecular weight is 451 g/mol. The van der Waals surface area contributed by atoms with Crippen LogP contribution in [0.4, 0.5) is 10.5 Å². The van der Waals surface area contributed by atoms with Gasteiger partial charge in [-0.3, -0.25) is 20.1 Å². The highest BCUT2D eigenvalue weighted by molar-refractivity contribution is 7.17. The summed E-state index contributed by atoms with van der Waals surface area (Å²) in [6, 6.07) is 8.51. The number of nitrogens with zero attached hydrogens (tertiary/aromatic N) is 3. The molecule has 2 aromatic heterocycles. The van der Waals surface area contributed by atoms with Crippen LogP contribution in [-0.4, -0.2) is 70.9 Å². The number of likely N-dealkylation sites (N-methyl/N-ethyl adjacent to an activating group) is 1. The maximum atomic E-state index is 13.4. The van der Waals surface area contributed by atoms with Gasteiger partial charge in [-0.2, -0.15) is 5.10 Å². The largest absolute Gasteiger partial charge is 0.333 e. The van der Waals surface area contributed by atoms with E-state index in [2.05, 4.69) is 25.8 Å². The first-order valence-electron chi connectivity index (χ1n) is 10.3. The number of ketones is 2. The Hall–Kier alpha value is -3.34. The molecule has 164 valence electrons. The Bertz CT molecular complexity index is 1240. The van der Waals surface area contributed by atoms with Crippen LogP contribution in [0.1, 0.15) is 32.5 Å². The van der Waals surface area contributed by atoms with Gasteiger partial charge < -0.3 is 10.2 Å². The third-order valence-corrected chi connectivity index (χ3v) is 6.95. The first-order valence-corrected chi connectivity index (χ1v) is 11.1. The van der Waals surface area contributed by atoms with Gasteiger partial charge in [-0.25, -0.2) is 9.80 Å². The number of Topliss-reactive ketones (excluding diaryl/α,β-unsaturated/α-hetero) is 1. The number of piperazine rings is 1. The molecule has 0 bridgehead atoms. The molecule has 2 amide bonds. The van der Waals surface area contributed by atoms with E-state index >= 15 is 0 Å². The number of urea groups is 1. The summed E-state index contributed by atoms with van der Waals surface area (Å²) in [5, 5.41) is 12.0. The third kappa shape index (κ3) is 3.52. The molecule has 5 rings (SSSR count). The highest BCUT2D eigenvalue weighted by atomic mass is 32.1. The Labute approximate surface area is 188 Å². The van der Waals surface area contributed by atoms with Gasteiger partial charge >= 0.3 is 6.03 Å². The number of benzene rings is 1. The fraction of sp³-hybridized carbons (Fsp3) is 0.273. The summed E-state index contributed by atoms with van der Waals surface area (Å²) < 4.78 is 0. The minimum atomic E-state index is -0.383. The molecule has 1 saturated heterocycles. The van der Waals surface area contributed by atoms with Gasteiger partial charge in [0.15, 0.2) is 11.6 Å². The summed E-state index contributed by atoms with van der Waals surface area (Å²) in [6.45, 7) is 4.73. The van der Waals surface area contributed by atoms with Crippen molar-refractivity contribution in [1.29, 1.82) is 0 Å². The van der Waals surface area contributed by atoms with E-state index in [9.17, 15) is 14.4 Å². The zero-order valence-electron chi connectivity index (χ0n) is 17.7. The summed E-state index contributed by atoms with van der Waals surface area (Å²) >= 11 is 1.32. The summed E-state index contributed by atoms with van der Waals surface area (Å²) in [7, 11) is 2.05. The van der Waals surface area contributed by atoms with Crippen molar-refractivity contribution in [2.24, 2.45) is 0 Å². The van der Waals surface area contributed by atoms with E-state index in [-0.39, 0.29) is 17.6 Å². The molecular formula is C22H22N6O3S. The molecule has 3 heterocycles. The molecule has 0 unspecified atom stereocenters. The van der Waals surface area contributed by atoms with Gasteiger partial charge in [0.25, 0.3) is 0 Å². The molecule has 1 aromatic carbocycles. The van der Waals surface area contributed by atoms with Crippen molar-refractivity contribution >= 4 is 34.6 Å². The van der Waals surface area contributed by atoms with Crippen molar-refractivity contribution in [1.82, 2.24) is 25.5 Å². The van der Waals surface area contributed by atoms with Gasteiger partial charge in [0.2, 0.25) is 0 Å². The lowest BCUT2D eigenvalue weighted by Gasteiger charge is -2.32. The van der Waals surface area contributed by atoms with Gasteiger partial charge in [-0.05, 0) is 32.2 Å². The fourth-order valence-corrected chi connectivity index (χ4v) is 4.94. The number of carbonyl (C=O) groups excluding carboxylic acids is 3. The average Bonchev–Trinajstić information content (AvgIpc) is 3.47. The number of hydrazine groups is 1. The predicted octanol–water partition coefficient (Wildman–Crippen LogP) is 2.84. The molecule has 0 atom stereocenters. The highest BCUT2D eigenvalue weighted by Gasteiger charge is 2.35. The number of nitrogens with one attached hydrogen (secondary N) is 3. The van der Waals surface area contributed by atoms with E-state index < -0.39 is 0 Å². The van der Waals surface area contributed by atoms with Crippen LogP contribution in [0.25, 0.3) is 21.8 Å². The topological polar surface area (TPSA) is 110 Å². The lowest BCUT2D eigenvalue weighted by Crippen LogP contribution is -2.53. The number of hydrogen-bond acceptors (Lipinski definition) is 7. The van der Waals surface area contributed by atoms with E-state index in [1.807, 2.05) is 24.2 Å². The maximum absolute atomic E-state index is 13.4. The Morgan fingerprint density at radius 1 is 1.09 bits per heavy atom. The van der Waals surface area contributed by atoms with Gasteiger partial charge in [-0.1, -0.05) is 12.1 Å². The molecule has 0 spiro atoms. The molecule has 0 saturated carbocycles. The van der Waals surface area contributed by atoms with Gasteiger partial charge in [-0.15, -0.1) is 11.3 Å². The molecule has 32 heavy (non-hydrogen) atoms. The summed E-state index contributed by atoms with van der Waals surface area (Å²) in [6.07, 6.45) is 0. The van der Waals surface area contributed by atoms with Crippen LogP contribution in [-0.2, 0) is 0 Å². The summed E-state index contributed by atoms with van der Waals surface area (Å²) in [5.74, 6) is -0.225. The Morgan fingerprint density at radius 3 is 2.59 bits per heavy atom. The van der Waals surface area contributed by atoms with E-state index in [0.29, 0.717) is 38.6 Å². The molecule has 9 nitrogen and oxygen atoms in total. The number of amides is 2. The van der Waals surface area contributed by atoms with Crippen LogP contribution in [0, 0.1) is 0 Å². The van der Waals surface area contributed by atoms with Crippen molar-refractivity contribution in [3.05, 3.63) is 46.3 Å². The minimum Gasteiger partial charge on any atom is -0.306 e. The molecular weight excluding hydrogens is 428 g/mol. The van der Waals surface area contributed by atoms with Gasteiger partial charge in [0.05, 0.1) is 32.3 Å². The molecule has 3 N–H and O–H groups in total. The monoisotopic (exact) mass is 450 g/mol. The SMILES string of the molecule is CC(=O)c1ccc(-c2[nH]nc3c2C(=O)c2c(NC(=O)NN4CCN(C)CC4)cccc2-3)s1. The number of rotatable bonds is 4. The third-order valence-electron chi connectivity index (χ3n) is 5.75. The molecule has 2 aliphatic rings. The number of thiophene rings is 1. The summed E-state index contributed by atoms with van der Waals surface area (Å²) in [5.41, 5.74) is 6.01. The Morgan fingerprint density at radius 2 is 1.88 bits per heavy atom. The number of H-pyrrole nitrogens is 1. The summed E-state index contributed by atoms with van der Waals surface area (Å²) in [4.78, 5) is 41.3. The number of aromatic nitrogens is 2. The molecule has 1 fully saturated rings. The van der Waals surface area contributed by atoms with Crippen LogP contribution in [0.5, 0.6) is 0 Å². The van der Waals surface area contributed by atoms with E-state index in [1.165, 1.54) is 18.3 Å². The first-order chi connectivity index (χ1) is 15.4. The second-order valence-electron chi connectivity index (χ2n) is 7.96. The van der Waals surface area contributed by atoms with E-state index in [4.69, 9.17) is 0 Å². The Balaban J connectivity index is 1.40. The van der Waals surface area contributed by atoms with E-state index in [1.54, 1.807) is 18.2 Å². The number of carbonyl (C=O) groups is 3. The highest BCUT2D eigenvalue weighted by Crippen LogP contribution is 2.44. The number of anilines is 1. The zero-order chi connectivity index (χ0) is 22.4. The number of hydrogen-bond donors (Lipinski definition) is 3. The lowest BCUT2D eigenvalue weighted by atomic mass is 10.1. The molecule has 10 heteroatoms. The smallest absolute Gasteiger partial charge is 0.306 e. The second kappa shape index (κ2) is 7.97. The molecule has 1 aliphatic carbocycles. The van der Waals surface area contributed by atoms with Crippen molar-refractivity contribution in [2.75, 3.05) is 38.5 Å². The second-order valence-corrected chi connectivity index (χ2v) is 9.04. The van der Waals surface area contributed by atoms with Crippen molar-refractivity contribution in [2.45, 2.75) is 6.92 Å². The lowest BCUT2D eigenvalue weighted by molar-refractivity contribution is 0.101. The van der Waals surface area contributed by atoms with Gasteiger partial charge in [0.1, 0.15) is 5.69 Å². The normalized spacial score (nSPS) is 16.0. The van der Waals surface area contributed by atoms with Crippen LogP contribution in [0.2, 0.25) is 0 Å². The molecule has 1 aliphatic heterocycles. The Kier molecular flexibility index (Phi) is 5.12. The van der Waals surface area contributed by atoms with Crippen molar-refractivity contribution in [3.63, 3.8) is 0 Å². The minimum absolute atomic E-state index is 0.0233.